The molecule has 0 saturated carbocycles. The van der Waals surface area contributed by atoms with Crippen LogP contribution in [-0.2, 0) is 0 Å². The monoisotopic (exact) mass is 249 g/mol. The van der Waals surface area contributed by atoms with Crippen LogP contribution in [0.2, 0.25) is 0 Å². The Morgan fingerprint density at radius 3 is 1.36 bits per heavy atom. The molecular formula is C6H16N3NaO2S2. The van der Waals surface area contributed by atoms with Crippen molar-refractivity contribution in [2.24, 2.45) is 11.5 Å². The summed E-state index contributed by atoms with van der Waals surface area (Å²) in [4.78, 5) is 18.2. The molecule has 1 fully saturated rings. The van der Waals surface area contributed by atoms with Gasteiger partial charge in [-0.15, -0.1) is 0 Å². The summed E-state index contributed by atoms with van der Waals surface area (Å²) in [7, 11) is 0. The summed E-state index contributed by atoms with van der Waals surface area (Å²) < 4.78 is 0. The molecule has 1 saturated heterocycles. The average molecular weight is 249 g/mol. The normalized spacial score (nSPS) is 12.1. The molecule has 1 rings (SSSR count). The predicted molar refractivity (Wildman–Crippen MR) is 60.4 cm³/mol. The molecule has 2 amide bonds. The molecule has 0 atom stereocenters. The van der Waals surface area contributed by atoms with E-state index < -0.39 is 10.5 Å². The van der Waals surface area contributed by atoms with Crippen molar-refractivity contribution in [2.45, 2.75) is 12.8 Å². The van der Waals surface area contributed by atoms with Gasteiger partial charge in [-0.1, -0.05) is 25.3 Å². The predicted octanol–water partition coefficient (Wildman–Crippen LogP) is -2.52. The minimum atomic E-state index is -0.639. The van der Waals surface area contributed by atoms with E-state index in [1.165, 1.54) is 25.9 Å². The van der Waals surface area contributed by atoms with Gasteiger partial charge in [0, 0.05) is 0 Å². The molecule has 0 aromatic heterocycles. The van der Waals surface area contributed by atoms with Crippen LogP contribution in [0.1, 0.15) is 14.3 Å². The number of carbonyl (C=O) groups excluding carboxylic acids is 2. The maximum atomic E-state index is 9.09. The molecule has 14 heavy (non-hydrogen) atoms. The molecule has 5 N–H and O–H groups in total. The Morgan fingerprint density at radius 2 is 1.29 bits per heavy atom. The molecule has 80 valence electrons. The first-order valence-electron chi connectivity index (χ1n) is 3.64. The number of nitrogens with one attached hydrogen (secondary N) is 1. The van der Waals surface area contributed by atoms with Crippen molar-refractivity contribution in [3.05, 3.63) is 0 Å². The zero-order valence-electron chi connectivity index (χ0n) is 9.19. The Hall–Kier alpha value is 0.600. The molecule has 5 nitrogen and oxygen atoms in total. The third-order valence-corrected chi connectivity index (χ3v) is 0.957. The van der Waals surface area contributed by atoms with Gasteiger partial charge < -0.3 is 18.2 Å². The second kappa shape index (κ2) is 16.0. The topological polar surface area (TPSA) is 98.2 Å². The maximum absolute atomic E-state index is 9.09. The number of thiol groups is 2. The minimum absolute atomic E-state index is 0. The smallest absolute Gasteiger partial charge is 1.00 e. The zero-order chi connectivity index (χ0) is 10.7. The molecule has 1 heterocycles. The van der Waals surface area contributed by atoms with Gasteiger partial charge in [0.25, 0.3) is 10.5 Å². The van der Waals surface area contributed by atoms with Crippen molar-refractivity contribution in [2.75, 3.05) is 13.1 Å². The molecule has 0 aromatic rings. The number of amides is 2. The second-order valence-electron chi connectivity index (χ2n) is 2.13. The van der Waals surface area contributed by atoms with Crippen LogP contribution in [0.4, 0.5) is 9.59 Å². The Labute approximate surface area is 118 Å². The molecule has 1 aliphatic heterocycles. The molecule has 0 bridgehead atoms. The summed E-state index contributed by atoms with van der Waals surface area (Å²) >= 11 is 6.21. The van der Waals surface area contributed by atoms with Gasteiger partial charge in [0.05, 0.1) is 0 Å². The van der Waals surface area contributed by atoms with Gasteiger partial charge in [0.15, 0.2) is 0 Å². The Balaban J connectivity index is -0.0000000575. The quantitative estimate of drug-likeness (QED) is 0.242. The van der Waals surface area contributed by atoms with E-state index in [2.05, 4.69) is 42.0 Å². The second-order valence-corrected chi connectivity index (χ2v) is 3.02. The molecule has 1 aliphatic rings. The first-order valence-corrected chi connectivity index (χ1v) is 4.53. The summed E-state index contributed by atoms with van der Waals surface area (Å²) in [6.45, 7) is 2.50. The van der Waals surface area contributed by atoms with Crippen molar-refractivity contribution in [3.63, 3.8) is 0 Å². The fourth-order valence-electron chi connectivity index (χ4n) is 0.625. The van der Waals surface area contributed by atoms with Gasteiger partial charge in [-0.3, -0.25) is 9.59 Å². The van der Waals surface area contributed by atoms with Crippen molar-refractivity contribution in [1.29, 1.82) is 0 Å². The van der Waals surface area contributed by atoms with E-state index in [1.807, 2.05) is 0 Å². The summed E-state index contributed by atoms with van der Waals surface area (Å²) in [5, 5.41) is 1.94. The van der Waals surface area contributed by atoms with E-state index in [4.69, 9.17) is 9.59 Å². The van der Waals surface area contributed by atoms with E-state index in [-0.39, 0.29) is 31.0 Å². The number of hydrogen-bond donors (Lipinski definition) is 5. The van der Waals surface area contributed by atoms with Gasteiger partial charge in [0.1, 0.15) is 0 Å². The average Bonchev–Trinajstić information content (AvgIpc) is 2.35. The van der Waals surface area contributed by atoms with Crippen molar-refractivity contribution in [3.8, 4) is 0 Å². The van der Waals surface area contributed by atoms with Crippen LogP contribution in [0.15, 0.2) is 0 Å². The van der Waals surface area contributed by atoms with Crippen LogP contribution >= 0.6 is 25.3 Å². The van der Waals surface area contributed by atoms with Gasteiger partial charge in [-0.05, 0) is 25.9 Å². The largest absolute Gasteiger partial charge is 1.00 e. The minimum Gasteiger partial charge on any atom is -1.00 e. The van der Waals surface area contributed by atoms with Crippen LogP contribution in [0, 0.1) is 0 Å². The Kier molecular flexibility index (Phi) is 23.0. The fourth-order valence-corrected chi connectivity index (χ4v) is 0.625. The van der Waals surface area contributed by atoms with E-state index in [0.717, 1.165) is 0 Å². The first kappa shape index (κ1) is 20.1. The van der Waals surface area contributed by atoms with Crippen molar-refractivity contribution in [1.82, 2.24) is 5.32 Å². The fraction of sp³-hybridized carbons (Fsp3) is 0.667. The van der Waals surface area contributed by atoms with E-state index in [0.29, 0.717) is 0 Å². The van der Waals surface area contributed by atoms with Crippen LogP contribution in [-0.4, -0.2) is 23.6 Å². The summed E-state index contributed by atoms with van der Waals surface area (Å²) in [6.07, 6.45) is 2.78. The summed E-state index contributed by atoms with van der Waals surface area (Å²) in [6, 6.07) is 0. The van der Waals surface area contributed by atoms with Gasteiger partial charge >= 0.3 is 29.6 Å². The SMILES string of the molecule is C1CCNC1.NC(=O)S.NC(=O)S.[H-].[Na+]. The number of primary amides is 2. The summed E-state index contributed by atoms with van der Waals surface area (Å²) in [5.41, 5.74) is 8.67. The van der Waals surface area contributed by atoms with Crippen LogP contribution < -0.4 is 46.3 Å². The number of nitrogens with two attached hydrogens (primary N) is 2. The third-order valence-electron chi connectivity index (χ3n) is 0.957. The van der Waals surface area contributed by atoms with Gasteiger partial charge in [-0.25, -0.2) is 0 Å². The van der Waals surface area contributed by atoms with E-state index >= 15 is 0 Å². The summed E-state index contributed by atoms with van der Waals surface area (Å²) in [5.74, 6) is 0. The standard InChI is InChI=1S/C4H9N.2CH3NOS.Na.H/c1-2-4-5-3-1;2*2-1(3)4;;/h5H,1-4H2;2*(H3,2,3,4);;/q;;;+1;-1. The van der Waals surface area contributed by atoms with Crippen molar-refractivity contribution < 1.29 is 40.6 Å². The Morgan fingerprint density at radius 1 is 1.07 bits per heavy atom. The first-order chi connectivity index (χ1) is 5.96. The number of carbonyl (C=O) groups is 2. The zero-order valence-corrected chi connectivity index (χ0v) is 12.0. The van der Waals surface area contributed by atoms with E-state index in [9.17, 15) is 0 Å². The van der Waals surface area contributed by atoms with E-state index in [1.54, 1.807) is 0 Å². The maximum Gasteiger partial charge on any atom is 1.00 e. The number of hydrogen-bond acceptors (Lipinski definition) is 3. The Bertz CT molecular complexity index is 134. The van der Waals surface area contributed by atoms with Crippen molar-refractivity contribution >= 4 is 35.7 Å². The molecule has 0 aliphatic carbocycles. The molecular weight excluding hydrogens is 233 g/mol. The third kappa shape index (κ3) is 54.1. The van der Waals surface area contributed by atoms with Crippen LogP contribution in [0.25, 0.3) is 0 Å². The molecule has 8 heteroatoms. The molecule has 0 radical (unpaired) electrons. The van der Waals surface area contributed by atoms with Crippen LogP contribution in [0.5, 0.6) is 0 Å². The molecule has 0 spiro atoms. The number of rotatable bonds is 0. The van der Waals surface area contributed by atoms with Gasteiger partial charge in [-0.2, -0.15) is 0 Å². The van der Waals surface area contributed by atoms with Gasteiger partial charge in [0.2, 0.25) is 0 Å². The molecule has 0 unspecified atom stereocenters. The molecule has 0 aromatic carbocycles. The van der Waals surface area contributed by atoms with Crippen LogP contribution in [0.3, 0.4) is 0 Å².